The second-order valence-corrected chi connectivity index (χ2v) is 6.45. The molecule has 1 heterocycles. The quantitative estimate of drug-likeness (QED) is 0.769. The van der Waals surface area contributed by atoms with E-state index in [0.717, 1.165) is 46.6 Å². The Hall–Kier alpha value is -1.60. The molecular weight excluding hydrogens is 389 g/mol. The summed E-state index contributed by atoms with van der Waals surface area (Å²) in [6.07, 6.45) is 0. The number of nitrogens with one attached hydrogen (secondary N) is 1. The van der Waals surface area contributed by atoms with E-state index in [2.05, 4.69) is 44.9 Å². The van der Waals surface area contributed by atoms with Gasteiger partial charge in [0.15, 0.2) is 0 Å². The maximum Gasteiger partial charge on any atom is 0.250 e. The Balaban J connectivity index is 2.22. The van der Waals surface area contributed by atoms with E-state index >= 15 is 0 Å². The topological polar surface area (TPSA) is 58.4 Å². The van der Waals surface area contributed by atoms with Gasteiger partial charge in [0.25, 0.3) is 5.91 Å². The molecule has 1 fully saturated rings. The van der Waals surface area contributed by atoms with Crippen molar-refractivity contribution in [3.8, 4) is 11.1 Å². The van der Waals surface area contributed by atoms with Crippen molar-refractivity contribution in [2.24, 2.45) is 5.73 Å². The number of primary amides is 1. The molecule has 0 aromatic heterocycles. The van der Waals surface area contributed by atoms with E-state index in [1.165, 1.54) is 0 Å². The first kappa shape index (κ1) is 15.3. The summed E-state index contributed by atoms with van der Waals surface area (Å²) >= 11 is 2.33. The second kappa shape index (κ2) is 6.66. The third-order valence-corrected chi connectivity index (χ3v) is 4.79. The minimum Gasteiger partial charge on any atom is -0.368 e. The highest BCUT2D eigenvalue weighted by Gasteiger charge is 2.23. The molecule has 0 unspecified atom stereocenters. The molecule has 5 heteroatoms. The minimum atomic E-state index is -0.373. The number of nitrogens with two attached hydrogens (primary N) is 1. The maximum atomic E-state index is 11.9. The predicted molar refractivity (Wildman–Crippen MR) is 98.2 cm³/mol. The van der Waals surface area contributed by atoms with Crippen LogP contribution in [-0.2, 0) is 0 Å². The van der Waals surface area contributed by atoms with Crippen LogP contribution in [0.4, 0.5) is 5.69 Å². The van der Waals surface area contributed by atoms with E-state index in [4.69, 9.17) is 5.73 Å². The van der Waals surface area contributed by atoms with E-state index in [1.54, 1.807) is 0 Å². The van der Waals surface area contributed by atoms with Gasteiger partial charge in [-0.05, 0) is 40.3 Å². The molecular formula is C17H18IN3O. The van der Waals surface area contributed by atoms with E-state index in [-0.39, 0.29) is 5.91 Å². The number of hydrogen-bond donors (Lipinski definition) is 2. The molecule has 1 amide bonds. The highest BCUT2D eigenvalue weighted by Crippen LogP contribution is 2.38. The molecule has 3 rings (SSSR count). The molecule has 2 aromatic rings. The highest BCUT2D eigenvalue weighted by atomic mass is 127. The van der Waals surface area contributed by atoms with Gasteiger partial charge in [0.05, 0.1) is 11.3 Å². The Labute approximate surface area is 143 Å². The fraction of sp³-hybridized carbons (Fsp3) is 0.235. The van der Waals surface area contributed by atoms with Crippen LogP contribution < -0.4 is 16.0 Å². The van der Waals surface area contributed by atoms with Gasteiger partial charge in [0.2, 0.25) is 0 Å². The lowest BCUT2D eigenvalue weighted by atomic mass is 9.98. The van der Waals surface area contributed by atoms with Crippen LogP contribution in [0, 0.1) is 3.57 Å². The Morgan fingerprint density at radius 3 is 2.41 bits per heavy atom. The molecule has 1 aliphatic rings. The number of piperazine rings is 1. The molecule has 3 N–H and O–H groups in total. The number of halogens is 1. The van der Waals surface area contributed by atoms with Gasteiger partial charge in [-0.3, -0.25) is 4.79 Å². The van der Waals surface area contributed by atoms with Crippen LogP contribution in [0.25, 0.3) is 11.1 Å². The van der Waals surface area contributed by atoms with Crippen LogP contribution in [0.15, 0.2) is 42.5 Å². The number of rotatable bonds is 3. The number of anilines is 1. The van der Waals surface area contributed by atoms with Gasteiger partial charge >= 0.3 is 0 Å². The molecule has 0 atom stereocenters. The monoisotopic (exact) mass is 407 g/mol. The zero-order chi connectivity index (χ0) is 15.5. The van der Waals surface area contributed by atoms with E-state index in [0.29, 0.717) is 5.56 Å². The molecule has 0 radical (unpaired) electrons. The average molecular weight is 407 g/mol. The molecule has 22 heavy (non-hydrogen) atoms. The fourth-order valence-electron chi connectivity index (χ4n) is 2.86. The van der Waals surface area contributed by atoms with Crippen molar-refractivity contribution in [3.63, 3.8) is 0 Å². The lowest BCUT2D eigenvalue weighted by Gasteiger charge is -2.33. The Morgan fingerprint density at radius 2 is 1.77 bits per heavy atom. The largest absolute Gasteiger partial charge is 0.368 e. The summed E-state index contributed by atoms with van der Waals surface area (Å²) < 4.78 is 1.13. The lowest BCUT2D eigenvalue weighted by molar-refractivity contribution is 0.100. The second-order valence-electron chi connectivity index (χ2n) is 5.29. The van der Waals surface area contributed by atoms with E-state index in [9.17, 15) is 4.79 Å². The number of amides is 1. The Kier molecular flexibility index (Phi) is 4.63. The van der Waals surface area contributed by atoms with Crippen LogP contribution in [-0.4, -0.2) is 32.1 Å². The predicted octanol–water partition coefficient (Wildman–Crippen LogP) is 2.47. The fourth-order valence-corrected chi connectivity index (χ4v) is 3.61. The van der Waals surface area contributed by atoms with E-state index < -0.39 is 0 Å². The first-order chi connectivity index (χ1) is 10.7. The molecule has 0 saturated carbocycles. The van der Waals surface area contributed by atoms with Crippen LogP contribution in [0.3, 0.4) is 0 Å². The van der Waals surface area contributed by atoms with Crippen molar-refractivity contribution in [1.29, 1.82) is 0 Å². The van der Waals surface area contributed by atoms with E-state index in [1.807, 2.05) is 30.3 Å². The van der Waals surface area contributed by atoms with Crippen LogP contribution in [0.2, 0.25) is 0 Å². The first-order valence-corrected chi connectivity index (χ1v) is 8.40. The van der Waals surface area contributed by atoms with Gasteiger partial charge in [0.1, 0.15) is 0 Å². The molecule has 2 aromatic carbocycles. The van der Waals surface area contributed by atoms with Gasteiger partial charge in [-0.25, -0.2) is 0 Å². The minimum absolute atomic E-state index is 0.373. The molecule has 4 nitrogen and oxygen atoms in total. The Morgan fingerprint density at radius 1 is 1.09 bits per heavy atom. The molecule has 1 saturated heterocycles. The molecule has 0 spiro atoms. The normalized spacial score (nSPS) is 14.9. The summed E-state index contributed by atoms with van der Waals surface area (Å²) in [5, 5.41) is 3.35. The number of benzene rings is 2. The van der Waals surface area contributed by atoms with Gasteiger partial charge in [-0.15, -0.1) is 0 Å². The summed E-state index contributed by atoms with van der Waals surface area (Å²) in [4.78, 5) is 14.2. The summed E-state index contributed by atoms with van der Waals surface area (Å²) in [5.41, 5.74) is 9.41. The van der Waals surface area contributed by atoms with Crippen molar-refractivity contribution < 1.29 is 4.79 Å². The molecule has 1 aliphatic heterocycles. The van der Waals surface area contributed by atoms with Crippen LogP contribution in [0.1, 0.15) is 10.4 Å². The third-order valence-electron chi connectivity index (χ3n) is 3.89. The maximum absolute atomic E-state index is 11.9. The van der Waals surface area contributed by atoms with Gasteiger partial charge in [-0.2, -0.15) is 0 Å². The van der Waals surface area contributed by atoms with Crippen molar-refractivity contribution in [3.05, 3.63) is 51.6 Å². The average Bonchev–Trinajstić information content (AvgIpc) is 2.56. The standard InChI is InChI=1S/C17H18IN3O/c18-14-7-6-13(17(19)22)16(21-10-8-20-9-11-21)15(14)12-4-2-1-3-5-12/h1-7,20H,8-11H2,(H2,19,22). The smallest absolute Gasteiger partial charge is 0.250 e. The summed E-state index contributed by atoms with van der Waals surface area (Å²) in [6, 6.07) is 14.0. The SMILES string of the molecule is NC(=O)c1ccc(I)c(-c2ccccc2)c1N1CCNCC1. The van der Waals surface area contributed by atoms with Crippen molar-refractivity contribution in [1.82, 2.24) is 5.32 Å². The molecule has 0 aliphatic carbocycles. The Bertz CT molecular complexity index is 682. The first-order valence-electron chi connectivity index (χ1n) is 7.32. The van der Waals surface area contributed by atoms with Crippen molar-refractivity contribution in [2.75, 3.05) is 31.1 Å². The summed E-state index contributed by atoms with van der Waals surface area (Å²) in [7, 11) is 0. The summed E-state index contributed by atoms with van der Waals surface area (Å²) in [5.74, 6) is -0.373. The third kappa shape index (κ3) is 2.96. The van der Waals surface area contributed by atoms with Gasteiger partial charge in [-0.1, -0.05) is 30.3 Å². The number of nitrogens with zero attached hydrogens (tertiary/aromatic N) is 1. The number of carbonyl (C=O) groups is 1. The van der Waals surface area contributed by atoms with Gasteiger partial charge < -0.3 is 16.0 Å². The number of hydrogen-bond acceptors (Lipinski definition) is 3. The van der Waals surface area contributed by atoms with Crippen LogP contribution >= 0.6 is 22.6 Å². The van der Waals surface area contributed by atoms with Gasteiger partial charge in [0, 0.05) is 35.3 Å². The lowest BCUT2D eigenvalue weighted by Crippen LogP contribution is -2.44. The summed E-state index contributed by atoms with van der Waals surface area (Å²) in [6.45, 7) is 3.58. The van der Waals surface area contributed by atoms with Crippen molar-refractivity contribution in [2.45, 2.75) is 0 Å². The zero-order valence-electron chi connectivity index (χ0n) is 12.2. The van der Waals surface area contributed by atoms with Crippen LogP contribution in [0.5, 0.6) is 0 Å². The molecule has 114 valence electrons. The van der Waals surface area contributed by atoms with Crippen molar-refractivity contribution >= 4 is 34.2 Å². The highest BCUT2D eigenvalue weighted by molar-refractivity contribution is 14.1. The molecule has 0 bridgehead atoms. The zero-order valence-corrected chi connectivity index (χ0v) is 14.3. The number of carbonyl (C=O) groups excluding carboxylic acids is 1.